The zero-order valence-electron chi connectivity index (χ0n) is 19.9. The van der Waals surface area contributed by atoms with Gasteiger partial charge < -0.3 is 14.2 Å². The minimum Gasteiger partial charge on any atom is -0.408 e. The maximum atomic E-state index is 13.4. The van der Waals surface area contributed by atoms with Gasteiger partial charge in [0.1, 0.15) is 6.04 Å². The number of amides is 1. The summed E-state index contributed by atoms with van der Waals surface area (Å²) in [6, 6.07) is 10.9. The molecule has 0 spiro atoms. The summed E-state index contributed by atoms with van der Waals surface area (Å²) < 4.78 is 35.4. The van der Waals surface area contributed by atoms with Crippen molar-refractivity contribution in [2.75, 3.05) is 31.1 Å². The van der Waals surface area contributed by atoms with Crippen LogP contribution in [0.2, 0.25) is 5.02 Å². The number of oxazole rings is 1. The van der Waals surface area contributed by atoms with E-state index in [1.807, 2.05) is 38.1 Å². The number of aryl methyl sites for hydroxylation is 1. The zero-order valence-corrected chi connectivity index (χ0v) is 21.5. The van der Waals surface area contributed by atoms with E-state index in [1.54, 1.807) is 11.9 Å². The largest absolute Gasteiger partial charge is 0.419 e. The van der Waals surface area contributed by atoms with E-state index in [4.69, 9.17) is 16.0 Å². The van der Waals surface area contributed by atoms with Gasteiger partial charge in [-0.3, -0.25) is 9.36 Å². The summed E-state index contributed by atoms with van der Waals surface area (Å²) in [7, 11) is -2.49. The first-order valence-electron chi connectivity index (χ1n) is 11.5. The molecule has 0 radical (unpaired) electrons. The molecule has 1 aliphatic rings. The monoisotopic (exact) mass is 520 g/mol. The van der Waals surface area contributed by atoms with Crippen LogP contribution in [0.5, 0.6) is 0 Å². The second kappa shape index (κ2) is 10.0. The Bertz CT molecular complexity index is 1390. The van der Waals surface area contributed by atoms with Crippen molar-refractivity contribution in [2.24, 2.45) is 13.0 Å². The van der Waals surface area contributed by atoms with E-state index in [0.29, 0.717) is 43.1 Å². The molecule has 1 atom stereocenters. The Morgan fingerprint density at radius 3 is 2.49 bits per heavy atom. The second-order valence-corrected chi connectivity index (χ2v) is 11.3. The molecule has 2 aromatic carbocycles. The Balaban J connectivity index is 1.50. The molecule has 1 saturated heterocycles. The lowest BCUT2D eigenvalue weighted by Crippen LogP contribution is -2.55. The fourth-order valence-corrected chi connectivity index (χ4v) is 5.69. The van der Waals surface area contributed by atoms with Crippen LogP contribution in [0, 0.1) is 5.92 Å². The SMILES string of the molecule is CC(C)C[C@H](NS(=O)(=O)c1ccc2c(c1)oc(=O)n2C)C(=O)N1CCN(c2cccc(Cl)c2)CC1. The standard InChI is InChI=1S/C24H29ClN4O5S/c1-16(2)13-20(23(30)29-11-9-28(10-12-29)18-6-4-5-17(25)14-18)26-35(32,33)19-7-8-21-22(15-19)34-24(31)27(21)3/h4-8,14-16,20,26H,9-13H2,1-3H3/t20-/m0/s1. The molecular formula is C24H29ClN4O5S. The van der Waals surface area contributed by atoms with Crippen molar-refractivity contribution in [3.8, 4) is 0 Å². The minimum absolute atomic E-state index is 0.0633. The van der Waals surface area contributed by atoms with Crippen molar-refractivity contribution in [3.05, 3.63) is 58.0 Å². The number of halogens is 1. The van der Waals surface area contributed by atoms with Gasteiger partial charge in [0.25, 0.3) is 0 Å². The lowest BCUT2D eigenvalue weighted by molar-refractivity contribution is -0.133. The topological polar surface area (TPSA) is 105 Å². The molecule has 188 valence electrons. The maximum absolute atomic E-state index is 13.4. The Morgan fingerprint density at radius 2 is 1.83 bits per heavy atom. The van der Waals surface area contributed by atoms with E-state index < -0.39 is 21.8 Å². The average Bonchev–Trinajstić information content (AvgIpc) is 3.10. The maximum Gasteiger partial charge on any atom is 0.419 e. The highest BCUT2D eigenvalue weighted by molar-refractivity contribution is 7.89. The van der Waals surface area contributed by atoms with Crippen LogP contribution in [0.4, 0.5) is 5.69 Å². The molecule has 0 aliphatic carbocycles. The molecule has 1 fully saturated rings. The molecule has 3 aromatic rings. The molecule has 9 nitrogen and oxygen atoms in total. The lowest BCUT2D eigenvalue weighted by atomic mass is 10.0. The first kappa shape index (κ1) is 25.3. The molecule has 1 amide bonds. The number of piperazine rings is 1. The fraction of sp³-hybridized carbons (Fsp3) is 0.417. The highest BCUT2D eigenvalue weighted by atomic mass is 35.5. The summed E-state index contributed by atoms with van der Waals surface area (Å²) in [5.74, 6) is -0.735. The number of fused-ring (bicyclic) bond motifs is 1. The summed E-state index contributed by atoms with van der Waals surface area (Å²) in [6.07, 6.45) is 0.356. The van der Waals surface area contributed by atoms with Gasteiger partial charge in [-0.2, -0.15) is 4.72 Å². The van der Waals surface area contributed by atoms with Gasteiger partial charge in [0.2, 0.25) is 15.9 Å². The molecule has 4 rings (SSSR count). The third-order valence-electron chi connectivity index (χ3n) is 6.14. The van der Waals surface area contributed by atoms with E-state index in [1.165, 1.54) is 22.8 Å². The number of hydrogen-bond acceptors (Lipinski definition) is 6. The summed E-state index contributed by atoms with van der Waals surface area (Å²) in [6.45, 7) is 6.08. The smallest absolute Gasteiger partial charge is 0.408 e. The zero-order chi connectivity index (χ0) is 25.3. The number of hydrogen-bond donors (Lipinski definition) is 1. The van der Waals surface area contributed by atoms with Crippen molar-refractivity contribution in [3.63, 3.8) is 0 Å². The van der Waals surface area contributed by atoms with Crippen molar-refractivity contribution < 1.29 is 17.6 Å². The minimum atomic E-state index is -4.04. The van der Waals surface area contributed by atoms with E-state index in [9.17, 15) is 18.0 Å². The van der Waals surface area contributed by atoms with Gasteiger partial charge in [-0.25, -0.2) is 13.2 Å². The Kier molecular flexibility index (Phi) is 7.25. The molecule has 1 aliphatic heterocycles. The van der Waals surface area contributed by atoms with E-state index in [-0.39, 0.29) is 22.3 Å². The Labute approximate surface area is 209 Å². The number of carbonyl (C=O) groups is 1. The summed E-state index contributed by atoms with van der Waals surface area (Å²) in [4.78, 5) is 29.0. The number of nitrogens with one attached hydrogen (secondary N) is 1. The molecule has 35 heavy (non-hydrogen) atoms. The van der Waals surface area contributed by atoms with Gasteiger partial charge in [-0.1, -0.05) is 31.5 Å². The lowest BCUT2D eigenvalue weighted by Gasteiger charge is -2.38. The summed E-state index contributed by atoms with van der Waals surface area (Å²) in [5.41, 5.74) is 1.65. The number of carbonyl (C=O) groups excluding carboxylic acids is 1. The predicted octanol–water partition coefficient (Wildman–Crippen LogP) is 2.83. The van der Waals surface area contributed by atoms with Gasteiger partial charge in [0.15, 0.2) is 5.58 Å². The van der Waals surface area contributed by atoms with Crippen molar-refractivity contribution in [2.45, 2.75) is 31.2 Å². The van der Waals surface area contributed by atoms with Gasteiger partial charge >= 0.3 is 5.76 Å². The third-order valence-corrected chi connectivity index (χ3v) is 7.85. The van der Waals surface area contributed by atoms with Crippen LogP contribution in [0.1, 0.15) is 20.3 Å². The molecule has 11 heteroatoms. The van der Waals surface area contributed by atoms with Crippen molar-refractivity contribution in [1.29, 1.82) is 0 Å². The highest BCUT2D eigenvalue weighted by Gasteiger charge is 2.32. The molecule has 1 aromatic heterocycles. The highest BCUT2D eigenvalue weighted by Crippen LogP contribution is 2.22. The van der Waals surface area contributed by atoms with Gasteiger partial charge in [0, 0.05) is 50.0 Å². The molecule has 0 saturated carbocycles. The first-order chi connectivity index (χ1) is 16.5. The summed E-state index contributed by atoms with van der Waals surface area (Å²) in [5, 5.41) is 0.653. The normalized spacial score (nSPS) is 15.7. The first-order valence-corrected chi connectivity index (χ1v) is 13.3. The molecule has 0 bridgehead atoms. The van der Waals surface area contributed by atoms with E-state index >= 15 is 0 Å². The third kappa shape index (κ3) is 5.55. The fourth-order valence-electron chi connectivity index (χ4n) is 4.29. The Morgan fingerprint density at radius 1 is 1.11 bits per heavy atom. The van der Waals surface area contributed by atoms with Crippen molar-refractivity contribution >= 4 is 44.3 Å². The number of rotatable bonds is 7. The number of nitrogens with zero attached hydrogens (tertiary/aromatic N) is 3. The van der Waals surface area contributed by atoms with Crippen LogP contribution in [-0.4, -0.2) is 56.0 Å². The predicted molar refractivity (Wildman–Crippen MR) is 135 cm³/mol. The van der Waals surface area contributed by atoms with E-state index in [2.05, 4.69) is 9.62 Å². The molecular weight excluding hydrogens is 492 g/mol. The Hall–Kier alpha value is -2.82. The molecule has 1 N–H and O–H groups in total. The average molecular weight is 521 g/mol. The number of benzene rings is 2. The van der Waals surface area contributed by atoms with Crippen LogP contribution in [0.3, 0.4) is 0 Å². The van der Waals surface area contributed by atoms with Crippen LogP contribution >= 0.6 is 11.6 Å². The molecule has 2 heterocycles. The summed E-state index contributed by atoms with van der Waals surface area (Å²) >= 11 is 6.11. The number of aromatic nitrogens is 1. The van der Waals surface area contributed by atoms with Crippen LogP contribution in [-0.2, 0) is 21.9 Å². The van der Waals surface area contributed by atoms with Crippen LogP contribution < -0.4 is 15.4 Å². The molecule has 0 unspecified atom stereocenters. The van der Waals surface area contributed by atoms with Crippen LogP contribution in [0.25, 0.3) is 11.1 Å². The van der Waals surface area contributed by atoms with Crippen molar-refractivity contribution in [1.82, 2.24) is 14.2 Å². The van der Waals surface area contributed by atoms with Gasteiger partial charge in [-0.05, 0) is 42.7 Å². The van der Waals surface area contributed by atoms with Gasteiger partial charge in [-0.15, -0.1) is 0 Å². The van der Waals surface area contributed by atoms with Gasteiger partial charge in [0.05, 0.1) is 10.4 Å². The van der Waals surface area contributed by atoms with E-state index in [0.717, 1.165) is 5.69 Å². The second-order valence-electron chi connectivity index (χ2n) is 9.15. The number of sulfonamides is 1. The van der Waals surface area contributed by atoms with Crippen LogP contribution in [0.15, 0.2) is 56.6 Å². The quantitative estimate of drug-likeness (QED) is 0.513. The number of anilines is 1.